The molecule has 23 heavy (non-hydrogen) atoms. The Morgan fingerprint density at radius 1 is 1.26 bits per heavy atom. The van der Waals surface area contributed by atoms with Crippen molar-refractivity contribution in [3.63, 3.8) is 0 Å². The summed E-state index contributed by atoms with van der Waals surface area (Å²) in [5.74, 6) is 0.356. The van der Waals surface area contributed by atoms with Gasteiger partial charge in [0.2, 0.25) is 0 Å². The average Bonchev–Trinajstić information content (AvgIpc) is 2.39. The van der Waals surface area contributed by atoms with Crippen molar-refractivity contribution in [3.05, 3.63) is 33.8 Å². The first-order valence-corrected chi connectivity index (χ1v) is 8.89. The van der Waals surface area contributed by atoms with E-state index < -0.39 is 0 Å². The molecule has 0 radical (unpaired) electrons. The summed E-state index contributed by atoms with van der Waals surface area (Å²) in [7, 11) is 0. The monoisotopic (exact) mass is 372 g/mol. The molecule has 1 fully saturated rings. The van der Waals surface area contributed by atoms with Crippen LogP contribution in [0.15, 0.2) is 18.2 Å². The van der Waals surface area contributed by atoms with Crippen molar-refractivity contribution in [2.24, 2.45) is 11.3 Å². The van der Waals surface area contributed by atoms with Crippen LogP contribution >= 0.6 is 35.4 Å². The minimum Gasteiger partial charge on any atom is -0.360 e. The smallest absolute Gasteiger partial charge is 0.257 e. The first-order chi connectivity index (χ1) is 10.7. The third kappa shape index (κ3) is 5.33. The zero-order valence-corrected chi connectivity index (χ0v) is 15.9. The summed E-state index contributed by atoms with van der Waals surface area (Å²) in [6.07, 6.45) is 3.32. The van der Waals surface area contributed by atoms with Crippen molar-refractivity contribution in [3.8, 4) is 0 Å². The van der Waals surface area contributed by atoms with Gasteiger partial charge in [-0.25, -0.2) is 0 Å². The molecule has 0 saturated heterocycles. The molecule has 126 valence electrons. The lowest BCUT2D eigenvalue weighted by atomic mass is 9.71. The Balaban J connectivity index is 1.93. The molecule has 2 unspecified atom stereocenters. The summed E-state index contributed by atoms with van der Waals surface area (Å²) in [5, 5.41) is 7.11. The molecule has 3 nitrogen and oxygen atoms in total. The van der Waals surface area contributed by atoms with Crippen molar-refractivity contribution < 1.29 is 4.79 Å². The van der Waals surface area contributed by atoms with E-state index in [0.29, 0.717) is 32.1 Å². The van der Waals surface area contributed by atoms with Gasteiger partial charge in [0.05, 0.1) is 10.0 Å². The number of halogens is 2. The number of carbonyl (C=O) groups excluding carboxylic acids is 1. The van der Waals surface area contributed by atoms with Crippen LogP contribution in [-0.4, -0.2) is 17.1 Å². The van der Waals surface area contributed by atoms with Gasteiger partial charge < -0.3 is 5.32 Å². The number of rotatable bonds is 2. The van der Waals surface area contributed by atoms with Crippen LogP contribution in [0.1, 0.15) is 50.4 Å². The number of carbonyl (C=O) groups is 1. The minimum absolute atomic E-state index is 0.287. The Morgan fingerprint density at radius 2 is 1.96 bits per heavy atom. The van der Waals surface area contributed by atoms with Crippen LogP contribution in [0.2, 0.25) is 10.0 Å². The topological polar surface area (TPSA) is 41.1 Å². The van der Waals surface area contributed by atoms with Gasteiger partial charge in [0.25, 0.3) is 5.91 Å². The summed E-state index contributed by atoms with van der Waals surface area (Å²) in [4.78, 5) is 12.2. The predicted molar refractivity (Wildman–Crippen MR) is 100 cm³/mol. The molecule has 2 atom stereocenters. The minimum atomic E-state index is -0.288. The van der Waals surface area contributed by atoms with Crippen LogP contribution in [0.5, 0.6) is 0 Å². The maximum absolute atomic E-state index is 12.2. The Kier molecular flexibility index (Phi) is 5.93. The molecule has 1 aliphatic rings. The third-order valence-electron chi connectivity index (χ3n) is 4.13. The number of hydrogen-bond acceptors (Lipinski definition) is 2. The van der Waals surface area contributed by atoms with E-state index in [1.54, 1.807) is 12.1 Å². The van der Waals surface area contributed by atoms with Crippen LogP contribution in [0.4, 0.5) is 0 Å². The van der Waals surface area contributed by atoms with Gasteiger partial charge in [-0.2, -0.15) is 0 Å². The van der Waals surface area contributed by atoms with Crippen LogP contribution < -0.4 is 10.6 Å². The largest absolute Gasteiger partial charge is 0.360 e. The summed E-state index contributed by atoms with van der Waals surface area (Å²) in [6.45, 7) is 6.80. The van der Waals surface area contributed by atoms with E-state index in [4.69, 9.17) is 35.4 Å². The number of nitrogens with one attached hydrogen (secondary N) is 2. The molecule has 1 aromatic rings. The highest BCUT2D eigenvalue weighted by molar-refractivity contribution is 7.80. The van der Waals surface area contributed by atoms with Gasteiger partial charge >= 0.3 is 0 Å². The normalized spacial score (nSPS) is 23.2. The van der Waals surface area contributed by atoms with Crippen molar-refractivity contribution in [1.29, 1.82) is 0 Å². The van der Waals surface area contributed by atoms with Crippen molar-refractivity contribution in [1.82, 2.24) is 10.6 Å². The highest BCUT2D eigenvalue weighted by Gasteiger charge is 2.32. The van der Waals surface area contributed by atoms with Crippen molar-refractivity contribution >= 4 is 46.4 Å². The predicted octanol–water partition coefficient (Wildman–Crippen LogP) is 4.81. The quantitative estimate of drug-likeness (QED) is 0.731. The molecule has 0 aliphatic heterocycles. The second-order valence-electron chi connectivity index (χ2n) is 7.17. The Labute approximate surface area is 153 Å². The standard InChI is InChI=1S/C17H22Cl2N2OS/c1-10-6-12(9-17(2,3)8-10)20-16(23)21-15(22)11-4-5-13(18)14(19)7-11/h4-5,7,10,12H,6,8-9H2,1-3H3,(H2,20,21,22,23). The summed E-state index contributed by atoms with van der Waals surface area (Å²) in [6, 6.07) is 5.04. The van der Waals surface area contributed by atoms with Crippen LogP contribution in [0.25, 0.3) is 0 Å². The van der Waals surface area contributed by atoms with E-state index >= 15 is 0 Å². The van der Waals surface area contributed by atoms with Gasteiger partial charge in [0, 0.05) is 11.6 Å². The number of thiocarbonyl (C=S) groups is 1. The third-order valence-corrected chi connectivity index (χ3v) is 5.09. The van der Waals surface area contributed by atoms with Crippen LogP contribution in [0.3, 0.4) is 0 Å². The SMILES string of the molecule is CC1CC(NC(=S)NC(=O)c2ccc(Cl)c(Cl)c2)CC(C)(C)C1. The van der Waals surface area contributed by atoms with E-state index in [9.17, 15) is 4.79 Å². The molecule has 6 heteroatoms. The van der Waals surface area contributed by atoms with Gasteiger partial charge in [-0.15, -0.1) is 0 Å². The molecular weight excluding hydrogens is 351 g/mol. The molecule has 1 saturated carbocycles. The molecule has 1 aliphatic carbocycles. The Morgan fingerprint density at radius 3 is 2.57 bits per heavy atom. The Hall–Kier alpha value is -0.840. The number of amides is 1. The molecular formula is C17H22Cl2N2OS. The molecule has 1 amide bonds. The zero-order chi connectivity index (χ0) is 17.2. The lowest BCUT2D eigenvalue weighted by molar-refractivity contribution is 0.0975. The molecule has 2 N–H and O–H groups in total. The van der Waals surface area contributed by atoms with E-state index in [2.05, 4.69) is 31.4 Å². The van der Waals surface area contributed by atoms with E-state index in [1.807, 2.05) is 0 Å². The molecule has 0 spiro atoms. The number of benzene rings is 1. The zero-order valence-electron chi connectivity index (χ0n) is 13.6. The highest BCUT2D eigenvalue weighted by Crippen LogP contribution is 2.38. The molecule has 0 heterocycles. The highest BCUT2D eigenvalue weighted by atomic mass is 35.5. The average molecular weight is 373 g/mol. The summed E-state index contributed by atoms with van der Waals surface area (Å²) >= 11 is 17.1. The van der Waals surface area contributed by atoms with E-state index in [-0.39, 0.29) is 11.9 Å². The molecule has 0 bridgehead atoms. The van der Waals surface area contributed by atoms with E-state index in [1.165, 1.54) is 12.5 Å². The molecule has 1 aromatic carbocycles. The van der Waals surface area contributed by atoms with Crippen LogP contribution in [-0.2, 0) is 0 Å². The van der Waals surface area contributed by atoms with Crippen LogP contribution in [0, 0.1) is 11.3 Å². The fourth-order valence-corrected chi connectivity index (χ4v) is 4.05. The fraction of sp³-hybridized carbons (Fsp3) is 0.529. The van der Waals surface area contributed by atoms with Gasteiger partial charge in [0.1, 0.15) is 0 Å². The van der Waals surface area contributed by atoms with Gasteiger partial charge in [-0.1, -0.05) is 44.0 Å². The first kappa shape index (κ1) is 18.5. The lowest BCUT2D eigenvalue weighted by Crippen LogP contribution is -2.48. The van der Waals surface area contributed by atoms with Crippen molar-refractivity contribution in [2.75, 3.05) is 0 Å². The lowest BCUT2D eigenvalue weighted by Gasteiger charge is -2.39. The summed E-state index contributed by atoms with van der Waals surface area (Å²) in [5.41, 5.74) is 0.722. The maximum atomic E-state index is 12.2. The number of hydrogen-bond donors (Lipinski definition) is 2. The van der Waals surface area contributed by atoms with Crippen molar-refractivity contribution in [2.45, 2.75) is 46.1 Å². The summed E-state index contributed by atoms with van der Waals surface area (Å²) < 4.78 is 0. The second kappa shape index (κ2) is 7.37. The Bertz CT molecular complexity index is 619. The van der Waals surface area contributed by atoms with Gasteiger partial charge in [0.15, 0.2) is 5.11 Å². The van der Waals surface area contributed by atoms with Gasteiger partial charge in [-0.3, -0.25) is 10.1 Å². The second-order valence-corrected chi connectivity index (χ2v) is 8.39. The molecule has 0 aromatic heterocycles. The first-order valence-electron chi connectivity index (χ1n) is 7.73. The van der Waals surface area contributed by atoms with E-state index in [0.717, 1.165) is 12.8 Å². The van der Waals surface area contributed by atoms with Gasteiger partial charge in [-0.05, 0) is 61.0 Å². The maximum Gasteiger partial charge on any atom is 0.257 e. The molecule has 2 rings (SSSR count). The fourth-order valence-electron chi connectivity index (χ4n) is 3.49.